The van der Waals surface area contributed by atoms with Crippen LogP contribution in [0.3, 0.4) is 0 Å². The molecule has 1 unspecified atom stereocenters. The molecule has 2 aliphatic rings. The molecule has 2 fully saturated rings. The maximum Gasteiger partial charge on any atom is 0.319 e. The third-order valence-corrected chi connectivity index (χ3v) is 5.25. The summed E-state index contributed by atoms with van der Waals surface area (Å²) < 4.78 is 2.16. The monoisotopic (exact) mass is 334 g/mol. The number of urea groups is 1. The number of aromatic nitrogens is 3. The Morgan fingerprint density at radius 1 is 1.12 bits per heavy atom. The van der Waals surface area contributed by atoms with Gasteiger partial charge in [-0.1, -0.05) is 6.42 Å². The van der Waals surface area contributed by atoms with Crippen LogP contribution in [0.25, 0.3) is 0 Å². The summed E-state index contributed by atoms with van der Waals surface area (Å²) in [6.45, 7) is 4.79. The van der Waals surface area contributed by atoms with E-state index < -0.39 is 0 Å². The topological polar surface area (TPSA) is 57.5 Å². The molecule has 2 aliphatic heterocycles. The lowest BCUT2D eigenvalue weighted by molar-refractivity contribution is 0.153. The molecule has 0 spiro atoms. The fourth-order valence-electron chi connectivity index (χ4n) is 3.83. The number of carbonyl (C=O) groups is 1. The summed E-state index contributed by atoms with van der Waals surface area (Å²) in [6.07, 6.45) is 6.02. The first-order valence-corrected chi connectivity index (χ1v) is 9.13. The third kappa shape index (κ3) is 3.71. The molecule has 0 aromatic carbocycles. The molecule has 2 saturated heterocycles. The van der Waals surface area contributed by atoms with Gasteiger partial charge in [-0.15, -0.1) is 10.2 Å². The minimum Gasteiger partial charge on any atom is -0.331 e. The number of hydrogen-bond acceptors (Lipinski definition) is 4. The Morgan fingerprint density at radius 2 is 1.88 bits per heavy atom. The highest BCUT2D eigenvalue weighted by atomic mass is 16.2. The van der Waals surface area contributed by atoms with E-state index in [9.17, 15) is 4.79 Å². The number of amides is 2. The molecule has 24 heavy (non-hydrogen) atoms. The van der Waals surface area contributed by atoms with Crippen molar-refractivity contribution in [2.45, 2.75) is 44.6 Å². The van der Waals surface area contributed by atoms with E-state index in [0.29, 0.717) is 0 Å². The van der Waals surface area contributed by atoms with E-state index in [0.717, 1.165) is 57.2 Å². The first-order chi connectivity index (χ1) is 11.6. The van der Waals surface area contributed by atoms with Gasteiger partial charge >= 0.3 is 6.03 Å². The molecule has 2 amide bonds. The molecule has 7 heteroatoms. The maximum atomic E-state index is 12.2. The zero-order valence-corrected chi connectivity index (χ0v) is 15.2. The van der Waals surface area contributed by atoms with Gasteiger partial charge in [0.05, 0.1) is 6.54 Å². The summed E-state index contributed by atoms with van der Waals surface area (Å²) in [5, 5.41) is 8.93. The first kappa shape index (κ1) is 17.2. The summed E-state index contributed by atoms with van der Waals surface area (Å²) in [5.74, 6) is 2.36. The highest BCUT2D eigenvalue weighted by Gasteiger charge is 2.29. The lowest BCUT2D eigenvalue weighted by Crippen LogP contribution is -2.44. The molecule has 1 aromatic heterocycles. The second-order valence-electron chi connectivity index (χ2n) is 7.33. The highest BCUT2D eigenvalue weighted by molar-refractivity contribution is 5.74. The van der Waals surface area contributed by atoms with Gasteiger partial charge in [0.25, 0.3) is 0 Å². The van der Waals surface area contributed by atoms with Crippen LogP contribution in [0.2, 0.25) is 0 Å². The van der Waals surface area contributed by atoms with E-state index in [1.54, 1.807) is 4.90 Å². The van der Waals surface area contributed by atoms with Crippen molar-refractivity contribution in [2.75, 3.05) is 40.3 Å². The molecule has 3 heterocycles. The van der Waals surface area contributed by atoms with E-state index in [1.165, 1.54) is 19.3 Å². The van der Waals surface area contributed by atoms with Gasteiger partial charge in [0.1, 0.15) is 11.6 Å². The van der Waals surface area contributed by atoms with E-state index in [-0.39, 0.29) is 11.9 Å². The van der Waals surface area contributed by atoms with Crippen molar-refractivity contribution < 1.29 is 4.79 Å². The van der Waals surface area contributed by atoms with Crippen molar-refractivity contribution in [3.05, 3.63) is 11.6 Å². The molecule has 3 rings (SSSR count). The van der Waals surface area contributed by atoms with Crippen molar-refractivity contribution in [3.63, 3.8) is 0 Å². The van der Waals surface area contributed by atoms with Crippen LogP contribution in [0.1, 0.15) is 49.7 Å². The number of carbonyl (C=O) groups excluding carboxylic acids is 1. The van der Waals surface area contributed by atoms with Gasteiger partial charge in [0, 0.05) is 40.2 Å². The first-order valence-electron chi connectivity index (χ1n) is 9.13. The quantitative estimate of drug-likeness (QED) is 0.844. The summed E-state index contributed by atoms with van der Waals surface area (Å²) in [6, 6.07) is 0.0930. The number of likely N-dealkylation sites (tertiary alicyclic amines) is 2. The predicted octanol–water partition coefficient (Wildman–Crippen LogP) is 1.66. The molecule has 1 aromatic rings. The Kier molecular flexibility index (Phi) is 5.38. The largest absolute Gasteiger partial charge is 0.331 e. The van der Waals surface area contributed by atoms with E-state index in [2.05, 4.69) is 26.7 Å². The van der Waals surface area contributed by atoms with Crippen LogP contribution < -0.4 is 0 Å². The smallest absolute Gasteiger partial charge is 0.319 e. The Morgan fingerprint density at radius 3 is 2.58 bits per heavy atom. The van der Waals surface area contributed by atoms with Gasteiger partial charge in [-0.05, 0) is 38.8 Å². The maximum absolute atomic E-state index is 12.2. The zero-order valence-electron chi connectivity index (χ0n) is 15.2. The SMILES string of the molecule is CN(C)C(=O)N1CCCC(c2nnc(CN3CCCCC3)n2C)C1. The van der Waals surface area contributed by atoms with Crippen molar-refractivity contribution in [3.8, 4) is 0 Å². The highest BCUT2D eigenvalue weighted by Crippen LogP contribution is 2.26. The average Bonchev–Trinajstić information content (AvgIpc) is 2.96. The number of hydrogen-bond donors (Lipinski definition) is 0. The van der Waals surface area contributed by atoms with Gasteiger partial charge in [0.2, 0.25) is 0 Å². The number of rotatable bonds is 3. The molecular formula is C17H30N6O. The standard InChI is InChI=1S/C17H30N6O/c1-20(2)17(24)23-11-7-8-14(12-23)16-19-18-15(21(16)3)13-22-9-5-4-6-10-22/h14H,4-13H2,1-3H3. The van der Waals surface area contributed by atoms with Crippen LogP contribution >= 0.6 is 0 Å². The number of piperidine rings is 2. The van der Waals surface area contributed by atoms with Gasteiger partial charge in [0.15, 0.2) is 0 Å². The van der Waals surface area contributed by atoms with Crippen molar-refractivity contribution >= 4 is 6.03 Å². The van der Waals surface area contributed by atoms with Crippen LogP contribution in [0.4, 0.5) is 4.79 Å². The molecule has 0 radical (unpaired) electrons. The normalized spacial score (nSPS) is 22.6. The van der Waals surface area contributed by atoms with Gasteiger partial charge in [-0.2, -0.15) is 0 Å². The van der Waals surface area contributed by atoms with Crippen LogP contribution in [-0.4, -0.2) is 75.8 Å². The van der Waals surface area contributed by atoms with Crippen LogP contribution in [0, 0.1) is 0 Å². The summed E-state index contributed by atoms with van der Waals surface area (Å²) in [5.41, 5.74) is 0. The van der Waals surface area contributed by atoms with Crippen LogP contribution in [0.15, 0.2) is 0 Å². The van der Waals surface area contributed by atoms with Gasteiger partial charge in [-0.25, -0.2) is 4.79 Å². The Balaban J connectivity index is 1.67. The van der Waals surface area contributed by atoms with E-state index in [4.69, 9.17) is 0 Å². The Bertz CT molecular complexity index is 563. The zero-order chi connectivity index (χ0) is 17.1. The molecule has 0 aliphatic carbocycles. The lowest BCUT2D eigenvalue weighted by Gasteiger charge is -2.34. The Hall–Kier alpha value is -1.63. The summed E-state index contributed by atoms with van der Waals surface area (Å²) in [7, 11) is 5.69. The molecule has 1 atom stereocenters. The molecular weight excluding hydrogens is 304 g/mol. The van der Waals surface area contributed by atoms with E-state index in [1.807, 2.05) is 19.0 Å². The molecule has 0 saturated carbocycles. The molecule has 0 bridgehead atoms. The average molecular weight is 334 g/mol. The van der Waals surface area contributed by atoms with Crippen LogP contribution in [0.5, 0.6) is 0 Å². The minimum atomic E-state index is 0.0930. The second kappa shape index (κ2) is 7.51. The van der Waals surface area contributed by atoms with Gasteiger partial charge in [-0.3, -0.25) is 4.90 Å². The van der Waals surface area contributed by atoms with Crippen molar-refractivity contribution in [1.82, 2.24) is 29.5 Å². The Labute approximate surface area is 144 Å². The molecule has 0 N–H and O–H groups in total. The van der Waals surface area contributed by atoms with Crippen LogP contribution in [-0.2, 0) is 13.6 Å². The third-order valence-electron chi connectivity index (χ3n) is 5.25. The van der Waals surface area contributed by atoms with E-state index >= 15 is 0 Å². The minimum absolute atomic E-state index is 0.0930. The van der Waals surface area contributed by atoms with Crippen molar-refractivity contribution in [2.24, 2.45) is 7.05 Å². The molecule has 134 valence electrons. The number of nitrogens with zero attached hydrogens (tertiary/aromatic N) is 6. The fourth-order valence-corrected chi connectivity index (χ4v) is 3.83. The van der Waals surface area contributed by atoms with Gasteiger partial charge < -0.3 is 14.4 Å². The summed E-state index contributed by atoms with van der Waals surface area (Å²) in [4.78, 5) is 18.3. The summed E-state index contributed by atoms with van der Waals surface area (Å²) >= 11 is 0. The van der Waals surface area contributed by atoms with Crippen molar-refractivity contribution in [1.29, 1.82) is 0 Å². The lowest BCUT2D eigenvalue weighted by atomic mass is 9.97. The molecule has 7 nitrogen and oxygen atoms in total. The second-order valence-corrected chi connectivity index (χ2v) is 7.33. The predicted molar refractivity (Wildman–Crippen MR) is 92.8 cm³/mol. The fraction of sp³-hybridized carbons (Fsp3) is 0.824.